The van der Waals surface area contributed by atoms with Crippen molar-refractivity contribution in [3.05, 3.63) is 66.0 Å². The maximum atomic E-state index is 13.3. The van der Waals surface area contributed by atoms with E-state index in [9.17, 15) is 14.0 Å². The number of carbonyl (C=O) groups is 2. The number of ether oxygens (including phenoxy) is 1. The standard InChI is InChI=1S/C24H31FN2O3/c1-4-22(24(29)26-18(2)3)27(17-19-12-14-20(25)15-13-19)23(28)11-8-16-30-21-9-6-5-7-10-21/h5-7,9-10,12-15,18,22H,4,8,11,16-17H2,1-3H3,(H,26,29)/t22-/m0/s1. The van der Waals surface area contributed by atoms with Crippen LogP contribution < -0.4 is 10.1 Å². The van der Waals surface area contributed by atoms with E-state index in [0.717, 1.165) is 11.3 Å². The second-order valence-corrected chi connectivity index (χ2v) is 7.50. The van der Waals surface area contributed by atoms with Gasteiger partial charge < -0.3 is 15.0 Å². The Bertz CT molecular complexity index is 794. The van der Waals surface area contributed by atoms with Crippen LogP contribution in [0.1, 0.15) is 45.6 Å². The zero-order valence-corrected chi connectivity index (χ0v) is 17.9. The van der Waals surface area contributed by atoms with Crippen molar-refractivity contribution in [3.63, 3.8) is 0 Å². The van der Waals surface area contributed by atoms with Crippen molar-refractivity contribution in [2.45, 2.75) is 58.7 Å². The molecule has 162 valence electrons. The summed E-state index contributed by atoms with van der Waals surface area (Å²) >= 11 is 0. The molecule has 2 aromatic carbocycles. The number of nitrogens with zero attached hydrogens (tertiary/aromatic N) is 1. The molecule has 0 radical (unpaired) electrons. The topological polar surface area (TPSA) is 58.6 Å². The van der Waals surface area contributed by atoms with Crippen LogP contribution in [0.15, 0.2) is 54.6 Å². The van der Waals surface area contributed by atoms with E-state index in [-0.39, 0.29) is 36.6 Å². The molecule has 0 heterocycles. The fraction of sp³-hybridized carbons (Fsp3) is 0.417. The summed E-state index contributed by atoms with van der Waals surface area (Å²) in [5, 5.41) is 2.90. The fourth-order valence-electron chi connectivity index (χ4n) is 3.16. The lowest BCUT2D eigenvalue weighted by Crippen LogP contribution is -2.50. The largest absolute Gasteiger partial charge is 0.494 e. The molecule has 0 aromatic heterocycles. The molecule has 0 aliphatic heterocycles. The molecule has 0 spiro atoms. The first-order valence-electron chi connectivity index (χ1n) is 10.4. The smallest absolute Gasteiger partial charge is 0.243 e. The molecule has 0 saturated heterocycles. The lowest BCUT2D eigenvalue weighted by molar-refractivity contribution is -0.141. The predicted octanol–water partition coefficient (Wildman–Crippen LogP) is 4.32. The maximum Gasteiger partial charge on any atom is 0.243 e. The average molecular weight is 415 g/mol. The number of halogens is 1. The van der Waals surface area contributed by atoms with Gasteiger partial charge >= 0.3 is 0 Å². The number of hydrogen-bond acceptors (Lipinski definition) is 3. The van der Waals surface area contributed by atoms with Gasteiger partial charge in [0.25, 0.3) is 0 Å². The molecule has 6 heteroatoms. The molecule has 0 unspecified atom stereocenters. The predicted molar refractivity (Wildman–Crippen MR) is 115 cm³/mol. The minimum Gasteiger partial charge on any atom is -0.494 e. The second kappa shape index (κ2) is 12.0. The summed E-state index contributed by atoms with van der Waals surface area (Å²) in [6.45, 7) is 6.32. The van der Waals surface area contributed by atoms with Crippen LogP contribution in [0.25, 0.3) is 0 Å². The molecule has 30 heavy (non-hydrogen) atoms. The molecular formula is C24H31FN2O3. The van der Waals surface area contributed by atoms with Crippen molar-refractivity contribution >= 4 is 11.8 Å². The number of para-hydroxylation sites is 1. The van der Waals surface area contributed by atoms with Gasteiger partial charge in [-0.1, -0.05) is 37.3 Å². The van der Waals surface area contributed by atoms with Crippen LogP contribution in [-0.2, 0) is 16.1 Å². The van der Waals surface area contributed by atoms with Crippen LogP contribution in [0.5, 0.6) is 5.75 Å². The number of benzene rings is 2. The summed E-state index contributed by atoms with van der Waals surface area (Å²) in [4.78, 5) is 27.3. The summed E-state index contributed by atoms with van der Waals surface area (Å²) in [5.41, 5.74) is 0.779. The van der Waals surface area contributed by atoms with E-state index in [0.29, 0.717) is 19.4 Å². The van der Waals surface area contributed by atoms with Crippen LogP contribution in [0.3, 0.4) is 0 Å². The number of carbonyl (C=O) groups excluding carboxylic acids is 2. The monoisotopic (exact) mass is 414 g/mol. The highest BCUT2D eigenvalue weighted by molar-refractivity contribution is 5.87. The highest BCUT2D eigenvalue weighted by atomic mass is 19.1. The van der Waals surface area contributed by atoms with E-state index < -0.39 is 6.04 Å². The molecule has 1 N–H and O–H groups in total. The molecule has 0 aliphatic rings. The van der Waals surface area contributed by atoms with E-state index >= 15 is 0 Å². The number of rotatable bonds is 11. The van der Waals surface area contributed by atoms with Gasteiger partial charge in [0.15, 0.2) is 0 Å². The Morgan fingerprint density at radius 3 is 2.33 bits per heavy atom. The first-order valence-corrected chi connectivity index (χ1v) is 10.4. The van der Waals surface area contributed by atoms with E-state index in [1.54, 1.807) is 17.0 Å². The van der Waals surface area contributed by atoms with Gasteiger partial charge in [0.1, 0.15) is 17.6 Å². The number of amides is 2. The van der Waals surface area contributed by atoms with Crippen molar-refractivity contribution in [2.75, 3.05) is 6.61 Å². The zero-order chi connectivity index (χ0) is 21.9. The molecular weight excluding hydrogens is 383 g/mol. The highest BCUT2D eigenvalue weighted by Gasteiger charge is 2.28. The maximum absolute atomic E-state index is 13.3. The van der Waals surface area contributed by atoms with Gasteiger partial charge in [0.2, 0.25) is 11.8 Å². The molecule has 0 bridgehead atoms. The van der Waals surface area contributed by atoms with E-state index in [4.69, 9.17) is 4.74 Å². The Morgan fingerprint density at radius 2 is 1.73 bits per heavy atom. The van der Waals surface area contributed by atoms with Gasteiger partial charge in [-0.25, -0.2) is 4.39 Å². The first-order chi connectivity index (χ1) is 14.4. The van der Waals surface area contributed by atoms with Crippen LogP contribution in [0.2, 0.25) is 0 Å². The third kappa shape index (κ3) is 7.50. The van der Waals surface area contributed by atoms with Gasteiger partial charge in [0, 0.05) is 19.0 Å². The Balaban J connectivity index is 2.05. The molecule has 1 atom stereocenters. The zero-order valence-electron chi connectivity index (χ0n) is 17.9. The molecule has 2 amide bonds. The van der Waals surface area contributed by atoms with Gasteiger partial charge in [-0.2, -0.15) is 0 Å². The third-order valence-corrected chi connectivity index (χ3v) is 4.63. The summed E-state index contributed by atoms with van der Waals surface area (Å²) < 4.78 is 18.9. The lowest BCUT2D eigenvalue weighted by atomic mass is 10.1. The van der Waals surface area contributed by atoms with Crippen LogP contribution >= 0.6 is 0 Å². The van der Waals surface area contributed by atoms with Crippen LogP contribution in [-0.4, -0.2) is 35.4 Å². The lowest BCUT2D eigenvalue weighted by Gasteiger charge is -2.31. The van der Waals surface area contributed by atoms with Crippen molar-refractivity contribution in [1.29, 1.82) is 0 Å². The van der Waals surface area contributed by atoms with E-state index in [2.05, 4.69) is 5.32 Å². The highest BCUT2D eigenvalue weighted by Crippen LogP contribution is 2.16. The summed E-state index contributed by atoms with van der Waals surface area (Å²) in [5.74, 6) is 0.125. The van der Waals surface area contributed by atoms with Crippen LogP contribution in [0, 0.1) is 5.82 Å². The Morgan fingerprint density at radius 1 is 1.07 bits per heavy atom. The van der Waals surface area contributed by atoms with Crippen molar-refractivity contribution in [1.82, 2.24) is 10.2 Å². The van der Waals surface area contributed by atoms with Gasteiger partial charge in [-0.15, -0.1) is 0 Å². The SMILES string of the molecule is CC[C@@H](C(=O)NC(C)C)N(Cc1ccc(F)cc1)C(=O)CCCOc1ccccc1. The molecule has 0 saturated carbocycles. The van der Waals surface area contributed by atoms with Gasteiger partial charge in [-0.05, 0) is 56.5 Å². The Labute approximate surface area is 178 Å². The van der Waals surface area contributed by atoms with E-state index in [1.165, 1.54) is 12.1 Å². The van der Waals surface area contributed by atoms with E-state index in [1.807, 2.05) is 51.1 Å². The fourth-order valence-corrected chi connectivity index (χ4v) is 3.16. The summed E-state index contributed by atoms with van der Waals surface area (Å²) in [7, 11) is 0. The third-order valence-electron chi connectivity index (χ3n) is 4.63. The van der Waals surface area contributed by atoms with Crippen molar-refractivity contribution < 1.29 is 18.7 Å². The second-order valence-electron chi connectivity index (χ2n) is 7.50. The Hall–Kier alpha value is -2.89. The Kier molecular flexibility index (Phi) is 9.32. The summed E-state index contributed by atoms with van der Waals surface area (Å²) in [6, 6.07) is 14.8. The average Bonchev–Trinajstić information content (AvgIpc) is 2.72. The van der Waals surface area contributed by atoms with Crippen molar-refractivity contribution in [2.24, 2.45) is 0 Å². The normalized spacial score (nSPS) is 11.8. The molecule has 2 rings (SSSR count). The molecule has 5 nitrogen and oxygen atoms in total. The molecule has 2 aromatic rings. The number of nitrogens with one attached hydrogen (secondary N) is 1. The van der Waals surface area contributed by atoms with Gasteiger partial charge in [0.05, 0.1) is 6.61 Å². The number of hydrogen-bond donors (Lipinski definition) is 1. The van der Waals surface area contributed by atoms with Crippen LogP contribution in [0.4, 0.5) is 4.39 Å². The van der Waals surface area contributed by atoms with Gasteiger partial charge in [-0.3, -0.25) is 9.59 Å². The van der Waals surface area contributed by atoms with Crippen molar-refractivity contribution in [3.8, 4) is 5.75 Å². The molecule has 0 aliphatic carbocycles. The first kappa shape index (κ1) is 23.4. The minimum absolute atomic E-state index is 0.0198. The summed E-state index contributed by atoms with van der Waals surface area (Å²) in [6.07, 6.45) is 1.29. The molecule has 0 fully saturated rings. The minimum atomic E-state index is -0.583. The quantitative estimate of drug-likeness (QED) is 0.557.